The van der Waals surface area contributed by atoms with E-state index in [2.05, 4.69) is 40.3 Å². The molecule has 2 N–H and O–H groups in total. The minimum absolute atomic E-state index is 0.282. The Morgan fingerprint density at radius 1 is 1.19 bits per heavy atom. The lowest BCUT2D eigenvalue weighted by Gasteiger charge is -2.14. The first-order valence-electron chi connectivity index (χ1n) is 6.90. The molecule has 2 rings (SSSR count). The van der Waals surface area contributed by atoms with Crippen molar-refractivity contribution in [3.05, 3.63) is 64.1 Å². The maximum Gasteiger partial charge on any atom is 0.338 e. The van der Waals surface area contributed by atoms with Crippen LogP contribution >= 0.6 is 15.9 Å². The Bertz CT molecular complexity index is 613. The van der Waals surface area contributed by atoms with Crippen LogP contribution in [0.3, 0.4) is 0 Å². The summed E-state index contributed by atoms with van der Waals surface area (Å²) in [7, 11) is 0. The van der Waals surface area contributed by atoms with Gasteiger partial charge in [0, 0.05) is 16.7 Å². The van der Waals surface area contributed by atoms with Crippen LogP contribution in [0.2, 0.25) is 0 Å². The zero-order chi connectivity index (χ0) is 15.2. The fourth-order valence-corrected chi connectivity index (χ4v) is 2.80. The van der Waals surface area contributed by atoms with Gasteiger partial charge in [-0.3, -0.25) is 0 Å². The van der Waals surface area contributed by atoms with Gasteiger partial charge in [0.05, 0.1) is 5.56 Å². The Hall–Kier alpha value is -1.81. The average Bonchev–Trinajstić information content (AvgIpc) is 2.47. The highest BCUT2D eigenvalue weighted by atomic mass is 79.9. The Labute approximate surface area is 133 Å². The Morgan fingerprint density at radius 3 is 2.57 bits per heavy atom. The molecule has 0 saturated heterocycles. The quantitative estimate of drug-likeness (QED) is 0.792. The molecule has 0 saturated carbocycles. The van der Waals surface area contributed by atoms with Gasteiger partial charge in [-0.05, 0) is 46.0 Å². The van der Waals surface area contributed by atoms with Crippen molar-refractivity contribution in [2.45, 2.75) is 19.3 Å². The minimum atomic E-state index is -0.930. The summed E-state index contributed by atoms with van der Waals surface area (Å²) in [4.78, 5) is 11.3. The number of anilines is 1. The van der Waals surface area contributed by atoms with E-state index in [1.165, 1.54) is 5.56 Å². The summed E-state index contributed by atoms with van der Waals surface area (Å²) >= 11 is 3.28. The Balaban J connectivity index is 1.98. The van der Waals surface area contributed by atoms with Crippen LogP contribution in [0.4, 0.5) is 5.69 Å². The average molecular weight is 348 g/mol. The van der Waals surface area contributed by atoms with Crippen LogP contribution in [-0.4, -0.2) is 17.6 Å². The molecule has 0 radical (unpaired) electrons. The van der Waals surface area contributed by atoms with Crippen LogP contribution in [-0.2, 0) is 0 Å². The topological polar surface area (TPSA) is 49.3 Å². The third-order valence-electron chi connectivity index (χ3n) is 3.49. The number of carboxylic acid groups (broad SMARTS) is 1. The number of rotatable bonds is 6. The van der Waals surface area contributed by atoms with Crippen molar-refractivity contribution in [3.8, 4) is 0 Å². The summed E-state index contributed by atoms with van der Waals surface area (Å²) in [6, 6.07) is 15.7. The van der Waals surface area contributed by atoms with E-state index in [1.807, 2.05) is 24.3 Å². The van der Waals surface area contributed by atoms with E-state index in [4.69, 9.17) is 0 Å². The Kier molecular flexibility index (Phi) is 5.39. The van der Waals surface area contributed by atoms with E-state index in [-0.39, 0.29) is 5.56 Å². The van der Waals surface area contributed by atoms with Crippen molar-refractivity contribution in [2.75, 3.05) is 11.9 Å². The molecule has 0 aliphatic heterocycles. The van der Waals surface area contributed by atoms with E-state index in [1.54, 1.807) is 12.1 Å². The predicted molar refractivity (Wildman–Crippen MR) is 89.1 cm³/mol. The van der Waals surface area contributed by atoms with E-state index in [9.17, 15) is 9.90 Å². The van der Waals surface area contributed by atoms with Crippen molar-refractivity contribution in [1.82, 2.24) is 0 Å². The molecule has 0 aliphatic rings. The molecule has 3 nitrogen and oxygen atoms in total. The number of benzene rings is 2. The van der Waals surface area contributed by atoms with Crippen LogP contribution in [0.15, 0.2) is 53.0 Å². The second-order valence-electron chi connectivity index (χ2n) is 4.99. The fourth-order valence-electron chi connectivity index (χ4n) is 2.26. The monoisotopic (exact) mass is 347 g/mol. The molecule has 0 amide bonds. The summed E-state index contributed by atoms with van der Waals surface area (Å²) in [5.74, 6) is -0.500. The SMILES string of the molecule is CC(CCNc1cccc(Br)c1C(=O)O)c1ccccc1. The van der Waals surface area contributed by atoms with Crippen LogP contribution in [0, 0.1) is 0 Å². The molecule has 0 heterocycles. The zero-order valence-corrected chi connectivity index (χ0v) is 13.4. The fraction of sp³-hybridized carbons (Fsp3) is 0.235. The number of nitrogens with one attached hydrogen (secondary N) is 1. The number of halogens is 1. The highest BCUT2D eigenvalue weighted by Crippen LogP contribution is 2.25. The largest absolute Gasteiger partial charge is 0.478 e. The first kappa shape index (κ1) is 15.6. The van der Waals surface area contributed by atoms with Crippen LogP contribution in [0.25, 0.3) is 0 Å². The summed E-state index contributed by atoms with van der Waals surface area (Å²) in [5.41, 5.74) is 2.23. The number of hydrogen-bond donors (Lipinski definition) is 2. The summed E-state index contributed by atoms with van der Waals surface area (Å²) in [6.07, 6.45) is 0.940. The molecule has 21 heavy (non-hydrogen) atoms. The van der Waals surface area contributed by atoms with E-state index in [0.717, 1.165) is 13.0 Å². The smallest absolute Gasteiger partial charge is 0.338 e. The van der Waals surface area contributed by atoms with Crippen LogP contribution in [0.5, 0.6) is 0 Å². The first-order valence-corrected chi connectivity index (χ1v) is 7.69. The molecule has 2 aromatic rings. The van der Waals surface area contributed by atoms with Crippen molar-refractivity contribution < 1.29 is 9.90 Å². The lowest BCUT2D eigenvalue weighted by Crippen LogP contribution is -2.10. The van der Waals surface area contributed by atoms with Gasteiger partial charge in [-0.15, -0.1) is 0 Å². The van der Waals surface area contributed by atoms with Gasteiger partial charge in [0.2, 0.25) is 0 Å². The second kappa shape index (κ2) is 7.27. The van der Waals surface area contributed by atoms with Gasteiger partial charge in [-0.1, -0.05) is 43.3 Å². The molecule has 1 atom stereocenters. The lowest BCUT2D eigenvalue weighted by atomic mass is 9.98. The van der Waals surface area contributed by atoms with Gasteiger partial charge in [0.25, 0.3) is 0 Å². The van der Waals surface area contributed by atoms with Gasteiger partial charge in [-0.2, -0.15) is 0 Å². The van der Waals surface area contributed by atoms with Crippen molar-refractivity contribution >= 4 is 27.6 Å². The zero-order valence-electron chi connectivity index (χ0n) is 11.8. The lowest BCUT2D eigenvalue weighted by molar-refractivity contribution is 0.0697. The van der Waals surface area contributed by atoms with Crippen LogP contribution in [0.1, 0.15) is 35.2 Å². The Morgan fingerprint density at radius 2 is 1.90 bits per heavy atom. The third kappa shape index (κ3) is 4.08. The van der Waals surface area contributed by atoms with Crippen molar-refractivity contribution in [2.24, 2.45) is 0 Å². The summed E-state index contributed by atoms with van der Waals surface area (Å²) in [6.45, 7) is 2.91. The molecule has 0 aliphatic carbocycles. The maximum absolute atomic E-state index is 11.3. The minimum Gasteiger partial charge on any atom is -0.478 e. The van der Waals surface area contributed by atoms with E-state index >= 15 is 0 Å². The number of hydrogen-bond acceptors (Lipinski definition) is 2. The predicted octanol–water partition coefficient (Wildman–Crippen LogP) is 4.75. The molecule has 4 heteroatoms. The highest BCUT2D eigenvalue weighted by Gasteiger charge is 2.13. The van der Waals surface area contributed by atoms with Gasteiger partial charge >= 0.3 is 5.97 Å². The molecule has 110 valence electrons. The molecule has 0 spiro atoms. The molecular weight excluding hydrogens is 330 g/mol. The number of carboxylic acids is 1. The highest BCUT2D eigenvalue weighted by molar-refractivity contribution is 9.10. The van der Waals surface area contributed by atoms with Gasteiger partial charge in [-0.25, -0.2) is 4.79 Å². The third-order valence-corrected chi connectivity index (χ3v) is 4.15. The summed E-state index contributed by atoms with van der Waals surface area (Å²) < 4.78 is 0.594. The first-order chi connectivity index (χ1) is 10.1. The van der Waals surface area contributed by atoms with Crippen molar-refractivity contribution in [3.63, 3.8) is 0 Å². The van der Waals surface area contributed by atoms with Crippen molar-refractivity contribution in [1.29, 1.82) is 0 Å². The number of carbonyl (C=O) groups is 1. The molecule has 0 fully saturated rings. The molecule has 0 bridgehead atoms. The standard InChI is InChI=1S/C17H18BrNO2/c1-12(13-6-3-2-4-7-13)10-11-19-15-9-5-8-14(18)16(15)17(20)21/h2-9,12,19H,10-11H2,1H3,(H,20,21). The van der Waals surface area contributed by atoms with Gasteiger partial charge in [0.15, 0.2) is 0 Å². The van der Waals surface area contributed by atoms with E-state index in [0.29, 0.717) is 16.1 Å². The number of aromatic carboxylic acids is 1. The normalized spacial score (nSPS) is 11.9. The van der Waals surface area contributed by atoms with E-state index < -0.39 is 5.97 Å². The second-order valence-corrected chi connectivity index (χ2v) is 5.85. The van der Waals surface area contributed by atoms with Gasteiger partial charge < -0.3 is 10.4 Å². The molecule has 2 aromatic carbocycles. The molecule has 0 aromatic heterocycles. The van der Waals surface area contributed by atoms with Crippen LogP contribution < -0.4 is 5.32 Å². The summed E-state index contributed by atoms with van der Waals surface area (Å²) in [5, 5.41) is 12.5. The maximum atomic E-state index is 11.3. The molecular formula is C17H18BrNO2. The van der Waals surface area contributed by atoms with Gasteiger partial charge in [0.1, 0.15) is 0 Å². The molecule has 1 unspecified atom stereocenters.